The Morgan fingerprint density at radius 1 is 1.16 bits per heavy atom. The Balaban J connectivity index is 1.89. The number of rotatable bonds is 3. The zero-order valence-corrected chi connectivity index (χ0v) is 14.1. The zero-order valence-electron chi connectivity index (χ0n) is 12.5. The molecule has 2 heterocycles. The summed E-state index contributed by atoms with van der Waals surface area (Å²) in [6, 6.07) is 7.81. The van der Waals surface area contributed by atoms with E-state index in [1.165, 1.54) is 24.3 Å². The topological polar surface area (TPSA) is 70.5 Å². The van der Waals surface area contributed by atoms with Crippen molar-refractivity contribution in [2.45, 2.75) is 16.8 Å². The average molecular weight is 393 g/mol. The molecule has 0 saturated carbocycles. The molecule has 0 aliphatic carbocycles. The molecular formula is C15H12ClF3N2O3S. The first-order valence-corrected chi connectivity index (χ1v) is 8.87. The van der Waals surface area contributed by atoms with E-state index in [0.717, 1.165) is 16.6 Å². The fraction of sp³-hybridized carbons (Fsp3) is 0.267. The lowest BCUT2D eigenvalue weighted by Crippen LogP contribution is -2.61. The molecule has 0 unspecified atom stereocenters. The van der Waals surface area contributed by atoms with E-state index in [1.807, 2.05) is 0 Å². The Morgan fingerprint density at radius 2 is 1.76 bits per heavy atom. The maximum absolute atomic E-state index is 13.0. The Kier molecular flexibility index (Phi) is 4.31. The molecule has 5 nitrogen and oxygen atoms in total. The fourth-order valence-electron chi connectivity index (χ4n) is 2.58. The van der Waals surface area contributed by atoms with Gasteiger partial charge in [-0.2, -0.15) is 17.5 Å². The highest BCUT2D eigenvalue weighted by Gasteiger charge is 2.50. The second-order valence-corrected chi connectivity index (χ2v) is 7.96. The quantitative estimate of drug-likeness (QED) is 0.871. The summed E-state index contributed by atoms with van der Waals surface area (Å²) in [7, 11) is -4.49. The molecule has 134 valence electrons. The second-order valence-electron chi connectivity index (χ2n) is 5.67. The van der Waals surface area contributed by atoms with Gasteiger partial charge in [-0.15, -0.1) is 0 Å². The summed E-state index contributed by atoms with van der Waals surface area (Å²) in [6.07, 6.45) is -3.87. The molecule has 2 aromatic rings. The molecule has 1 fully saturated rings. The third kappa shape index (κ3) is 3.24. The van der Waals surface area contributed by atoms with Gasteiger partial charge in [0.1, 0.15) is 5.60 Å². The lowest BCUT2D eigenvalue weighted by molar-refractivity contribution is -0.140. The van der Waals surface area contributed by atoms with Crippen molar-refractivity contribution in [1.82, 2.24) is 9.29 Å². The first-order valence-electron chi connectivity index (χ1n) is 7.05. The van der Waals surface area contributed by atoms with Gasteiger partial charge >= 0.3 is 6.18 Å². The molecule has 1 aromatic heterocycles. The minimum Gasteiger partial charge on any atom is -0.382 e. The smallest absolute Gasteiger partial charge is 0.382 e. The summed E-state index contributed by atoms with van der Waals surface area (Å²) < 4.78 is 64.8. The summed E-state index contributed by atoms with van der Waals surface area (Å²) in [4.78, 5) is 3.40. The monoisotopic (exact) mass is 392 g/mol. The highest BCUT2D eigenvalue weighted by Crippen LogP contribution is 2.39. The molecule has 1 aliphatic heterocycles. The first kappa shape index (κ1) is 18.1. The van der Waals surface area contributed by atoms with Crippen LogP contribution in [-0.4, -0.2) is 35.9 Å². The zero-order chi connectivity index (χ0) is 18.5. The number of β-amino-alcohol motifs (C(OH)–C–C–N with tert-alkyl or cyclic N) is 1. The van der Waals surface area contributed by atoms with Crippen LogP contribution in [0.1, 0.15) is 11.1 Å². The molecule has 3 rings (SSSR count). The number of alkyl halides is 3. The molecule has 0 bridgehead atoms. The Hall–Kier alpha value is -1.68. The van der Waals surface area contributed by atoms with Crippen molar-refractivity contribution in [2.75, 3.05) is 13.1 Å². The summed E-state index contributed by atoms with van der Waals surface area (Å²) in [5.41, 5.74) is -2.39. The predicted octanol–water partition coefficient (Wildman–Crippen LogP) is 2.65. The van der Waals surface area contributed by atoms with E-state index in [4.69, 9.17) is 11.6 Å². The number of halogens is 4. The standard InChI is InChI=1S/C15H12ClF3N2O3S/c16-11-5-3-10(4-6-11)14(22)8-21(9-14)25(23,24)13-12(15(17,18)19)2-1-7-20-13/h1-7,22H,8-9H2. The van der Waals surface area contributed by atoms with Crippen molar-refractivity contribution >= 4 is 21.6 Å². The van der Waals surface area contributed by atoms with Gasteiger partial charge < -0.3 is 5.11 Å². The van der Waals surface area contributed by atoms with E-state index in [0.29, 0.717) is 16.7 Å². The first-order chi connectivity index (χ1) is 11.5. The van der Waals surface area contributed by atoms with E-state index in [1.54, 1.807) is 0 Å². The van der Waals surface area contributed by atoms with Gasteiger partial charge in [-0.05, 0) is 29.8 Å². The molecule has 10 heteroatoms. The molecule has 1 N–H and O–H groups in total. The van der Waals surface area contributed by atoms with Crippen LogP contribution in [-0.2, 0) is 21.8 Å². The predicted molar refractivity (Wildman–Crippen MR) is 83.3 cm³/mol. The van der Waals surface area contributed by atoms with Crippen LogP contribution < -0.4 is 0 Å². The molecule has 0 atom stereocenters. The van der Waals surface area contributed by atoms with Crippen molar-refractivity contribution in [1.29, 1.82) is 0 Å². The third-order valence-electron chi connectivity index (χ3n) is 3.92. The third-order valence-corrected chi connectivity index (χ3v) is 5.92. The number of hydrogen-bond acceptors (Lipinski definition) is 4. The van der Waals surface area contributed by atoms with Crippen LogP contribution in [0.15, 0.2) is 47.6 Å². The fourth-order valence-corrected chi connectivity index (χ4v) is 4.38. The SMILES string of the molecule is O=S(=O)(c1ncccc1C(F)(F)F)N1CC(O)(c2ccc(Cl)cc2)C1. The summed E-state index contributed by atoms with van der Waals surface area (Å²) >= 11 is 5.76. The van der Waals surface area contributed by atoms with Gasteiger partial charge in [-0.3, -0.25) is 0 Å². The van der Waals surface area contributed by atoms with Crippen LogP contribution in [0.4, 0.5) is 13.2 Å². The molecule has 1 aliphatic rings. The van der Waals surface area contributed by atoms with Crippen molar-refractivity contribution in [3.63, 3.8) is 0 Å². The number of hydrogen-bond donors (Lipinski definition) is 1. The van der Waals surface area contributed by atoms with Crippen LogP contribution in [0.2, 0.25) is 5.02 Å². The van der Waals surface area contributed by atoms with E-state index in [-0.39, 0.29) is 13.1 Å². The molecule has 0 spiro atoms. The average Bonchev–Trinajstić information content (AvgIpc) is 2.51. The largest absolute Gasteiger partial charge is 0.419 e. The van der Waals surface area contributed by atoms with Crippen molar-refractivity contribution in [3.05, 3.63) is 58.7 Å². The van der Waals surface area contributed by atoms with E-state index >= 15 is 0 Å². The summed E-state index contributed by atoms with van der Waals surface area (Å²) in [6.45, 7) is -0.740. The van der Waals surface area contributed by atoms with Crippen LogP contribution in [0.25, 0.3) is 0 Å². The van der Waals surface area contributed by atoms with Crippen LogP contribution in [0.3, 0.4) is 0 Å². The number of nitrogens with zero attached hydrogens (tertiary/aromatic N) is 2. The number of aromatic nitrogens is 1. The van der Waals surface area contributed by atoms with Gasteiger partial charge in [0, 0.05) is 24.3 Å². The highest BCUT2D eigenvalue weighted by atomic mass is 35.5. The molecule has 1 saturated heterocycles. The minimum absolute atomic E-state index is 0.370. The molecule has 0 radical (unpaired) electrons. The van der Waals surface area contributed by atoms with Crippen molar-refractivity contribution in [3.8, 4) is 0 Å². The van der Waals surface area contributed by atoms with Gasteiger partial charge in [-0.25, -0.2) is 13.4 Å². The van der Waals surface area contributed by atoms with Crippen LogP contribution in [0.5, 0.6) is 0 Å². The van der Waals surface area contributed by atoms with E-state index in [2.05, 4.69) is 4.98 Å². The summed E-state index contributed by atoms with van der Waals surface area (Å²) in [5.74, 6) is 0. The van der Waals surface area contributed by atoms with Crippen molar-refractivity contribution < 1.29 is 26.7 Å². The van der Waals surface area contributed by atoms with E-state index < -0.39 is 32.4 Å². The van der Waals surface area contributed by atoms with Crippen LogP contribution >= 0.6 is 11.6 Å². The summed E-state index contributed by atoms with van der Waals surface area (Å²) in [5, 5.41) is 9.87. The Bertz CT molecular complexity index is 895. The molecular weight excluding hydrogens is 381 g/mol. The lowest BCUT2D eigenvalue weighted by atomic mass is 9.88. The van der Waals surface area contributed by atoms with Gasteiger partial charge in [0.25, 0.3) is 10.0 Å². The second kappa shape index (κ2) is 5.94. The number of benzene rings is 1. The Morgan fingerprint density at radius 3 is 2.32 bits per heavy atom. The number of pyridine rings is 1. The highest BCUT2D eigenvalue weighted by molar-refractivity contribution is 7.89. The molecule has 1 aromatic carbocycles. The van der Waals surface area contributed by atoms with Gasteiger partial charge in [-0.1, -0.05) is 23.7 Å². The van der Waals surface area contributed by atoms with Gasteiger partial charge in [0.05, 0.1) is 5.56 Å². The number of sulfonamides is 1. The lowest BCUT2D eigenvalue weighted by Gasteiger charge is -2.45. The normalized spacial score (nSPS) is 18.0. The maximum Gasteiger partial charge on any atom is 0.419 e. The van der Waals surface area contributed by atoms with Gasteiger partial charge in [0.2, 0.25) is 0 Å². The maximum atomic E-state index is 13.0. The molecule has 25 heavy (non-hydrogen) atoms. The van der Waals surface area contributed by atoms with Gasteiger partial charge in [0.15, 0.2) is 5.03 Å². The number of aliphatic hydroxyl groups is 1. The molecule has 0 amide bonds. The van der Waals surface area contributed by atoms with Crippen molar-refractivity contribution in [2.24, 2.45) is 0 Å². The van der Waals surface area contributed by atoms with E-state index in [9.17, 15) is 26.7 Å². The minimum atomic E-state index is -4.85. The van der Waals surface area contributed by atoms with Crippen LogP contribution in [0, 0.1) is 0 Å². The Labute approximate surface area is 146 Å².